The van der Waals surface area contributed by atoms with Crippen LogP contribution in [0.2, 0.25) is 0 Å². The van der Waals surface area contributed by atoms with E-state index in [1.54, 1.807) is 0 Å². The van der Waals surface area contributed by atoms with Gasteiger partial charge in [-0.05, 0) is 34.1 Å². The number of rotatable bonds is 8. The Bertz CT molecular complexity index is 187. The number of hydrogen-bond donors (Lipinski definition) is 1. The van der Waals surface area contributed by atoms with Crippen LogP contribution in [0.3, 0.4) is 0 Å². The summed E-state index contributed by atoms with van der Waals surface area (Å²) in [4.78, 5) is 13.7. The van der Waals surface area contributed by atoms with Crippen LogP contribution in [-0.4, -0.2) is 41.9 Å². The third kappa shape index (κ3) is 7.07. The van der Waals surface area contributed by atoms with Crippen molar-refractivity contribution in [3.63, 3.8) is 0 Å². The minimum absolute atomic E-state index is 0.105. The van der Waals surface area contributed by atoms with Gasteiger partial charge in [0.15, 0.2) is 0 Å². The Hall–Kier alpha value is -0.280. The van der Waals surface area contributed by atoms with E-state index in [-0.39, 0.29) is 5.91 Å². The maximum atomic E-state index is 11.3. The predicted octanol–water partition coefficient (Wildman–Crippen LogP) is 2.24. The van der Waals surface area contributed by atoms with Gasteiger partial charge in [0.25, 0.3) is 0 Å². The van der Waals surface area contributed by atoms with Crippen molar-refractivity contribution in [1.82, 2.24) is 10.2 Å². The molecule has 0 rings (SSSR count). The van der Waals surface area contributed by atoms with E-state index < -0.39 is 0 Å². The maximum Gasteiger partial charge on any atom is 0.220 e. The maximum absolute atomic E-state index is 11.3. The average molecular weight is 249 g/mol. The van der Waals surface area contributed by atoms with Gasteiger partial charge >= 0.3 is 0 Å². The first kappa shape index (κ1) is 15.7. The van der Waals surface area contributed by atoms with Gasteiger partial charge in [0.05, 0.1) is 0 Å². The minimum atomic E-state index is 0.105. The quantitative estimate of drug-likeness (QED) is 0.669. The second-order valence-corrected chi connectivity index (χ2v) is 4.95. The summed E-state index contributed by atoms with van der Waals surface area (Å²) in [5.74, 6) is 0.658. The second-order valence-electron chi connectivity index (χ2n) is 4.57. The van der Waals surface area contributed by atoms with Crippen molar-refractivity contribution < 1.29 is 4.79 Å². The van der Waals surface area contributed by atoms with Gasteiger partial charge in [-0.15, -0.1) is 11.6 Å². The molecule has 0 heterocycles. The van der Waals surface area contributed by atoms with E-state index in [2.05, 4.69) is 37.9 Å². The summed E-state index contributed by atoms with van der Waals surface area (Å²) in [5.41, 5.74) is 0. The normalized spacial score (nSPS) is 11.5. The molecule has 0 atom stereocenters. The Labute approximate surface area is 105 Å². The number of amides is 1. The third-order valence-corrected chi connectivity index (χ3v) is 2.82. The number of nitrogens with zero attached hydrogens (tertiary/aromatic N) is 1. The lowest BCUT2D eigenvalue weighted by Crippen LogP contribution is -2.42. The molecule has 16 heavy (non-hydrogen) atoms. The fraction of sp³-hybridized carbons (Fsp3) is 0.917. The summed E-state index contributed by atoms with van der Waals surface area (Å²) in [6.45, 7) is 10.3. The summed E-state index contributed by atoms with van der Waals surface area (Å²) in [6, 6.07) is 1.03. The van der Waals surface area contributed by atoms with Crippen LogP contribution in [0.4, 0.5) is 0 Å². The van der Waals surface area contributed by atoms with Crippen molar-refractivity contribution in [2.75, 3.05) is 19.0 Å². The second kappa shape index (κ2) is 8.82. The molecule has 0 fully saturated rings. The first-order chi connectivity index (χ1) is 7.49. The number of halogens is 1. The van der Waals surface area contributed by atoms with E-state index in [0.717, 1.165) is 19.5 Å². The van der Waals surface area contributed by atoms with Gasteiger partial charge in [-0.1, -0.05) is 0 Å². The zero-order chi connectivity index (χ0) is 12.6. The van der Waals surface area contributed by atoms with E-state index in [9.17, 15) is 4.79 Å². The molecule has 0 aromatic carbocycles. The van der Waals surface area contributed by atoms with E-state index in [1.165, 1.54) is 0 Å². The molecule has 0 spiro atoms. The molecule has 3 nitrogen and oxygen atoms in total. The SMILES string of the molecule is CC(C)N(CCNC(=O)CCCCl)C(C)C. The van der Waals surface area contributed by atoms with Gasteiger partial charge in [-0.25, -0.2) is 0 Å². The van der Waals surface area contributed by atoms with E-state index >= 15 is 0 Å². The molecule has 0 saturated carbocycles. The molecule has 0 aliphatic rings. The van der Waals surface area contributed by atoms with Gasteiger partial charge in [0.1, 0.15) is 0 Å². The van der Waals surface area contributed by atoms with Gasteiger partial charge in [-0.2, -0.15) is 0 Å². The van der Waals surface area contributed by atoms with Crippen LogP contribution in [0.25, 0.3) is 0 Å². The molecule has 0 unspecified atom stereocenters. The molecule has 0 aliphatic heterocycles. The largest absolute Gasteiger partial charge is 0.355 e. The molecule has 0 saturated heterocycles. The third-order valence-electron chi connectivity index (χ3n) is 2.56. The lowest BCUT2D eigenvalue weighted by molar-refractivity contribution is -0.121. The van der Waals surface area contributed by atoms with Gasteiger partial charge < -0.3 is 5.32 Å². The van der Waals surface area contributed by atoms with E-state index in [1.807, 2.05) is 0 Å². The zero-order valence-electron chi connectivity index (χ0n) is 10.9. The number of carbonyl (C=O) groups is 1. The van der Waals surface area contributed by atoms with Gasteiger partial charge in [0.2, 0.25) is 5.91 Å². The van der Waals surface area contributed by atoms with Gasteiger partial charge in [0, 0.05) is 37.5 Å². The standard InChI is InChI=1S/C12H25ClN2O/c1-10(2)15(11(3)4)9-8-14-12(16)6-5-7-13/h10-11H,5-9H2,1-4H3,(H,14,16). The summed E-state index contributed by atoms with van der Waals surface area (Å²) in [5, 5.41) is 2.92. The van der Waals surface area contributed by atoms with E-state index in [0.29, 0.717) is 24.4 Å². The number of alkyl halides is 1. The molecule has 0 radical (unpaired) electrons. The lowest BCUT2D eigenvalue weighted by atomic mass is 10.2. The molecule has 1 N–H and O–H groups in total. The van der Waals surface area contributed by atoms with Crippen LogP contribution in [0.1, 0.15) is 40.5 Å². The van der Waals surface area contributed by atoms with Crippen LogP contribution in [0.5, 0.6) is 0 Å². The zero-order valence-corrected chi connectivity index (χ0v) is 11.7. The highest BCUT2D eigenvalue weighted by Gasteiger charge is 2.12. The predicted molar refractivity (Wildman–Crippen MR) is 69.9 cm³/mol. The van der Waals surface area contributed by atoms with Crippen LogP contribution < -0.4 is 5.32 Å². The molecule has 96 valence electrons. The van der Waals surface area contributed by atoms with Crippen molar-refractivity contribution >= 4 is 17.5 Å². The topological polar surface area (TPSA) is 32.3 Å². The molecule has 0 bridgehead atoms. The molecule has 0 aromatic heterocycles. The highest BCUT2D eigenvalue weighted by molar-refractivity contribution is 6.17. The highest BCUT2D eigenvalue weighted by Crippen LogP contribution is 2.03. The molecule has 4 heteroatoms. The highest BCUT2D eigenvalue weighted by atomic mass is 35.5. The molecule has 0 aliphatic carbocycles. The monoisotopic (exact) mass is 248 g/mol. The van der Waals surface area contributed by atoms with E-state index in [4.69, 9.17) is 11.6 Å². The number of nitrogens with one attached hydrogen (secondary N) is 1. The number of carbonyl (C=O) groups excluding carboxylic acids is 1. The first-order valence-corrected chi connectivity index (χ1v) is 6.61. The van der Waals surface area contributed by atoms with Crippen LogP contribution >= 0.6 is 11.6 Å². The Morgan fingerprint density at radius 2 is 1.81 bits per heavy atom. The van der Waals surface area contributed by atoms with Crippen LogP contribution in [0, 0.1) is 0 Å². The van der Waals surface area contributed by atoms with Crippen molar-refractivity contribution in [3.8, 4) is 0 Å². The molecular weight excluding hydrogens is 224 g/mol. The van der Waals surface area contributed by atoms with Crippen LogP contribution in [0.15, 0.2) is 0 Å². The van der Waals surface area contributed by atoms with Crippen LogP contribution in [-0.2, 0) is 4.79 Å². The molecular formula is C12H25ClN2O. The Balaban J connectivity index is 3.73. The summed E-state index contributed by atoms with van der Waals surface area (Å²) in [7, 11) is 0. The fourth-order valence-electron chi connectivity index (χ4n) is 1.75. The molecule has 1 amide bonds. The lowest BCUT2D eigenvalue weighted by Gasteiger charge is -2.30. The van der Waals surface area contributed by atoms with Crippen molar-refractivity contribution in [2.45, 2.75) is 52.6 Å². The summed E-state index contributed by atoms with van der Waals surface area (Å²) >= 11 is 5.52. The first-order valence-electron chi connectivity index (χ1n) is 6.07. The Morgan fingerprint density at radius 3 is 2.25 bits per heavy atom. The smallest absolute Gasteiger partial charge is 0.220 e. The average Bonchev–Trinajstić information content (AvgIpc) is 2.20. The fourth-order valence-corrected chi connectivity index (χ4v) is 1.89. The van der Waals surface area contributed by atoms with Crippen molar-refractivity contribution in [3.05, 3.63) is 0 Å². The van der Waals surface area contributed by atoms with Gasteiger partial charge in [-0.3, -0.25) is 9.69 Å². The molecule has 0 aromatic rings. The summed E-state index contributed by atoms with van der Waals surface area (Å²) < 4.78 is 0. The number of hydrogen-bond acceptors (Lipinski definition) is 2. The Kier molecular flexibility index (Phi) is 8.67. The van der Waals surface area contributed by atoms with Crippen molar-refractivity contribution in [1.29, 1.82) is 0 Å². The summed E-state index contributed by atoms with van der Waals surface area (Å²) in [6.07, 6.45) is 1.29. The Morgan fingerprint density at radius 1 is 1.25 bits per heavy atom. The minimum Gasteiger partial charge on any atom is -0.355 e. The van der Waals surface area contributed by atoms with Crippen molar-refractivity contribution in [2.24, 2.45) is 0 Å².